The molecule has 0 rings (SSSR count). The van der Waals surface area contributed by atoms with E-state index in [1.807, 2.05) is 0 Å². The predicted molar refractivity (Wildman–Crippen MR) is 45.1 cm³/mol. The zero-order valence-corrected chi connectivity index (χ0v) is 11.8. The second-order valence-electron chi connectivity index (χ2n) is 0.391. The van der Waals surface area contributed by atoms with Crippen molar-refractivity contribution < 1.29 is 19.6 Å². The first kappa shape index (κ1) is 7.62. The summed E-state index contributed by atoms with van der Waals surface area (Å²) in [7, 11) is 0. The molecule has 34 valence electrons. The van der Waals surface area contributed by atoms with Crippen LogP contribution in [0, 0.1) is 0 Å². The minimum atomic E-state index is 0.548. The van der Waals surface area contributed by atoms with Gasteiger partial charge in [0, 0.05) is 0 Å². The maximum absolute atomic E-state index is 2.61. The average Bonchev–Trinajstić information content (AvgIpc) is 1.41. The number of hydrogen-bond donors (Lipinski definition) is 0. The first-order chi connectivity index (χ1) is 2.41. The van der Waals surface area contributed by atoms with E-state index in [4.69, 9.17) is 0 Å². The van der Waals surface area contributed by atoms with E-state index in [2.05, 4.69) is 43.6 Å². The molecule has 0 spiro atoms. The van der Waals surface area contributed by atoms with Crippen molar-refractivity contribution in [1.82, 2.24) is 0 Å². The summed E-state index contributed by atoms with van der Waals surface area (Å²) in [6.07, 6.45) is 0. The molecule has 5 heavy (non-hydrogen) atoms. The fourth-order valence-electron chi connectivity index (χ4n) is 0.0270. The molecule has 0 amide bonds. The molecule has 0 bridgehead atoms. The van der Waals surface area contributed by atoms with Crippen LogP contribution in [0.3, 0.4) is 0 Å². The summed E-state index contributed by atoms with van der Waals surface area (Å²) in [4.78, 5) is 0. The van der Waals surface area contributed by atoms with Crippen LogP contribution >= 0.6 is 43.6 Å². The van der Waals surface area contributed by atoms with E-state index in [9.17, 15) is 0 Å². The molecule has 0 heterocycles. The Labute approximate surface area is 70.7 Å². The van der Waals surface area contributed by atoms with E-state index in [0.717, 1.165) is 19.6 Å². The molecular weight excluding hydrogens is 437 g/mol. The van der Waals surface area contributed by atoms with Gasteiger partial charge in [0.1, 0.15) is 0 Å². The molecule has 0 aliphatic carbocycles. The van der Waals surface area contributed by atoms with Crippen LogP contribution in [-0.2, 0) is 0 Å². The molecule has 0 aromatic rings. The van der Waals surface area contributed by atoms with E-state index in [0.29, 0.717) is 9.03 Å². The summed E-state index contributed by atoms with van der Waals surface area (Å²) in [6.45, 7) is 0. The van der Waals surface area contributed by atoms with Gasteiger partial charge in [-0.15, -0.1) is 0 Å². The number of rotatable bonds is 2. The summed E-state index contributed by atoms with van der Waals surface area (Å²) in [5, 5.41) is 0. The van der Waals surface area contributed by atoms with Crippen LogP contribution in [0.1, 0.15) is 0 Å². The standard InChI is InChI=1S/H4I3Si2/c1-4-3-5-2/h4-5H2/q-1. The molecule has 0 nitrogen and oxygen atoms in total. The van der Waals surface area contributed by atoms with Crippen LogP contribution < -0.4 is 19.6 Å². The Morgan fingerprint density at radius 3 is 1.60 bits per heavy atom. The first-order valence-corrected chi connectivity index (χ1v) is 21.5. The third kappa shape index (κ3) is 6.62. The van der Waals surface area contributed by atoms with Crippen molar-refractivity contribution >= 4 is 52.6 Å². The average molecular weight is 441 g/mol. The van der Waals surface area contributed by atoms with Gasteiger partial charge in [-0.05, 0) is 0 Å². The third-order valence-electron chi connectivity index (χ3n) is 0.143. The maximum atomic E-state index is 2.61. The fourth-order valence-corrected chi connectivity index (χ4v) is 73.3. The Morgan fingerprint density at radius 2 is 1.60 bits per heavy atom. The van der Waals surface area contributed by atoms with Crippen molar-refractivity contribution in [2.45, 2.75) is 0 Å². The van der Waals surface area contributed by atoms with Gasteiger partial charge >= 0.3 is 72.2 Å². The summed E-state index contributed by atoms with van der Waals surface area (Å²) in [6, 6.07) is 0. The zero-order valence-electron chi connectivity index (χ0n) is 2.55. The Balaban J connectivity index is 2.19. The van der Waals surface area contributed by atoms with Crippen LogP contribution in [0.5, 0.6) is 0 Å². The predicted octanol–water partition coefficient (Wildman–Crippen LogP) is -3.06. The molecule has 0 aliphatic heterocycles. The van der Waals surface area contributed by atoms with Crippen LogP contribution in [-0.4, -0.2) is 9.03 Å². The number of halogens is 3. The van der Waals surface area contributed by atoms with Gasteiger partial charge in [-0.1, -0.05) is 0 Å². The Kier molecular flexibility index (Phi) is 10.1. The first-order valence-electron chi connectivity index (χ1n) is 1.07. The molecule has 0 aromatic carbocycles. The molecule has 0 N–H and O–H groups in total. The molecule has 0 fully saturated rings. The molecule has 0 radical (unpaired) electrons. The third-order valence-corrected chi connectivity index (χ3v) is 57.9. The minimum absolute atomic E-state index is 0.548. The second-order valence-corrected chi connectivity index (χ2v) is 38.7. The monoisotopic (exact) mass is 441 g/mol. The Morgan fingerprint density at radius 1 is 1.20 bits per heavy atom. The fraction of sp³-hybridized carbons (Fsp3) is 0. The van der Waals surface area contributed by atoms with Crippen molar-refractivity contribution in [3.8, 4) is 0 Å². The van der Waals surface area contributed by atoms with Gasteiger partial charge in [0.05, 0.1) is 0 Å². The van der Waals surface area contributed by atoms with Crippen LogP contribution in [0.4, 0.5) is 0 Å². The van der Waals surface area contributed by atoms with Gasteiger partial charge in [-0.3, -0.25) is 0 Å². The summed E-state index contributed by atoms with van der Waals surface area (Å²) >= 11 is 6.09. The van der Waals surface area contributed by atoms with Crippen LogP contribution in [0.25, 0.3) is 0 Å². The quantitative estimate of drug-likeness (QED) is 0.243. The van der Waals surface area contributed by atoms with E-state index >= 15 is 0 Å². The van der Waals surface area contributed by atoms with Crippen molar-refractivity contribution in [3.05, 3.63) is 0 Å². The normalized spacial score (nSPS) is 14.0. The van der Waals surface area contributed by atoms with Gasteiger partial charge in [0.25, 0.3) is 0 Å². The number of hydrogen-bond acceptors (Lipinski definition) is 0. The SMILES string of the molecule is I[SiH2][I-][SiH2]I. The van der Waals surface area contributed by atoms with Crippen LogP contribution in [0.15, 0.2) is 0 Å². The molecule has 0 saturated heterocycles. The summed E-state index contributed by atoms with van der Waals surface area (Å²) < 4.78 is 1.10. The van der Waals surface area contributed by atoms with Gasteiger partial charge in [0.15, 0.2) is 0 Å². The second kappa shape index (κ2) is 6.62. The summed E-state index contributed by atoms with van der Waals surface area (Å²) in [5.41, 5.74) is 0. The topological polar surface area (TPSA) is 0 Å². The Hall–Kier alpha value is 2.62. The van der Waals surface area contributed by atoms with Crippen LogP contribution in [0.2, 0.25) is 0 Å². The van der Waals surface area contributed by atoms with Crippen molar-refractivity contribution in [2.24, 2.45) is 0 Å². The molecule has 5 heteroatoms. The van der Waals surface area contributed by atoms with E-state index in [1.54, 1.807) is 0 Å². The molecule has 0 aromatic heterocycles. The summed E-state index contributed by atoms with van der Waals surface area (Å²) in [5.74, 6) is 0. The van der Waals surface area contributed by atoms with E-state index < -0.39 is 0 Å². The molecule has 0 atom stereocenters. The van der Waals surface area contributed by atoms with Gasteiger partial charge in [-0.2, -0.15) is 0 Å². The molecule has 0 saturated carbocycles. The van der Waals surface area contributed by atoms with E-state index in [-0.39, 0.29) is 0 Å². The molecular formula is H4I3Si2-. The van der Waals surface area contributed by atoms with Crippen molar-refractivity contribution in [2.75, 3.05) is 0 Å². The zero-order chi connectivity index (χ0) is 4.12. The van der Waals surface area contributed by atoms with Crippen molar-refractivity contribution in [1.29, 1.82) is 0 Å². The molecule has 0 aliphatic rings. The van der Waals surface area contributed by atoms with Gasteiger partial charge < -0.3 is 0 Å². The van der Waals surface area contributed by atoms with Gasteiger partial charge in [-0.25, -0.2) is 0 Å². The van der Waals surface area contributed by atoms with Crippen molar-refractivity contribution in [3.63, 3.8) is 0 Å². The van der Waals surface area contributed by atoms with E-state index in [1.165, 1.54) is 0 Å². The Bertz CT molecular complexity index is 12.4. The molecule has 0 unspecified atom stereocenters. The van der Waals surface area contributed by atoms with Gasteiger partial charge in [0.2, 0.25) is 0 Å².